The Morgan fingerprint density at radius 2 is 1.32 bits per heavy atom. The van der Waals surface area contributed by atoms with Gasteiger partial charge < -0.3 is 10.1 Å². The SMILES string of the molecule is O=C(O)c1ccc(-c2nc(-c3ccc4c(c3)-c3ccccc3C4=O)c(-c3ccccc3)[nH]2)cc1. The molecule has 6 rings (SSSR count). The van der Waals surface area contributed by atoms with Crippen LogP contribution >= 0.6 is 0 Å². The van der Waals surface area contributed by atoms with E-state index in [2.05, 4.69) is 4.98 Å². The van der Waals surface area contributed by atoms with Crippen molar-refractivity contribution >= 4 is 11.8 Å². The summed E-state index contributed by atoms with van der Waals surface area (Å²) >= 11 is 0. The normalized spacial score (nSPS) is 11.8. The highest BCUT2D eigenvalue weighted by atomic mass is 16.4. The number of aromatic nitrogens is 2. The van der Waals surface area contributed by atoms with Crippen molar-refractivity contribution in [2.45, 2.75) is 0 Å². The zero-order chi connectivity index (χ0) is 23.2. The van der Waals surface area contributed by atoms with Crippen LogP contribution in [0.15, 0.2) is 97.1 Å². The summed E-state index contributed by atoms with van der Waals surface area (Å²) in [6, 6.07) is 30.1. The molecule has 0 aliphatic heterocycles. The van der Waals surface area contributed by atoms with Crippen LogP contribution in [0, 0.1) is 0 Å². The summed E-state index contributed by atoms with van der Waals surface area (Å²) in [4.78, 5) is 32.4. The van der Waals surface area contributed by atoms with Gasteiger partial charge in [-0.2, -0.15) is 0 Å². The largest absolute Gasteiger partial charge is 0.478 e. The van der Waals surface area contributed by atoms with Crippen LogP contribution < -0.4 is 0 Å². The molecule has 5 heteroatoms. The molecule has 2 N–H and O–H groups in total. The highest BCUT2D eigenvalue weighted by Gasteiger charge is 2.27. The second-order valence-corrected chi connectivity index (χ2v) is 8.19. The highest BCUT2D eigenvalue weighted by Crippen LogP contribution is 2.40. The van der Waals surface area contributed by atoms with Gasteiger partial charge >= 0.3 is 5.97 Å². The smallest absolute Gasteiger partial charge is 0.335 e. The number of hydrogen-bond donors (Lipinski definition) is 2. The minimum Gasteiger partial charge on any atom is -0.478 e. The van der Waals surface area contributed by atoms with Crippen LogP contribution in [0.25, 0.3) is 45.0 Å². The molecule has 5 aromatic rings. The molecule has 0 saturated heterocycles. The van der Waals surface area contributed by atoms with Crippen LogP contribution in [0.5, 0.6) is 0 Å². The molecule has 1 aliphatic carbocycles. The van der Waals surface area contributed by atoms with E-state index in [0.717, 1.165) is 44.8 Å². The molecule has 0 spiro atoms. The molecule has 1 heterocycles. The summed E-state index contributed by atoms with van der Waals surface area (Å²) in [5, 5.41) is 9.21. The van der Waals surface area contributed by atoms with Crippen molar-refractivity contribution in [2.24, 2.45) is 0 Å². The number of H-pyrrole nitrogens is 1. The number of imidazole rings is 1. The lowest BCUT2D eigenvalue weighted by atomic mass is 9.99. The van der Waals surface area contributed by atoms with Crippen molar-refractivity contribution in [3.05, 3.63) is 114 Å². The summed E-state index contributed by atoms with van der Waals surface area (Å²) in [5.41, 5.74) is 7.78. The number of rotatable bonds is 4. The number of aromatic carboxylic acids is 1. The van der Waals surface area contributed by atoms with Crippen molar-refractivity contribution in [1.29, 1.82) is 0 Å². The summed E-state index contributed by atoms with van der Waals surface area (Å²) in [6.07, 6.45) is 0. The Hall–Kier alpha value is -4.77. The monoisotopic (exact) mass is 442 g/mol. The number of hydrogen-bond acceptors (Lipinski definition) is 3. The Morgan fingerprint density at radius 1 is 0.676 bits per heavy atom. The van der Waals surface area contributed by atoms with Gasteiger partial charge in [0.15, 0.2) is 5.78 Å². The van der Waals surface area contributed by atoms with Crippen molar-refractivity contribution < 1.29 is 14.7 Å². The molecular formula is C29H18N2O3. The van der Waals surface area contributed by atoms with Gasteiger partial charge in [0, 0.05) is 27.8 Å². The van der Waals surface area contributed by atoms with Crippen molar-refractivity contribution in [3.63, 3.8) is 0 Å². The molecule has 34 heavy (non-hydrogen) atoms. The number of aromatic amines is 1. The Balaban J connectivity index is 1.52. The number of nitrogens with zero attached hydrogens (tertiary/aromatic N) is 1. The van der Waals surface area contributed by atoms with Gasteiger partial charge in [-0.25, -0.2) is 9.78 Å². The van der Waals surface area contributed by atoms with Gasteiger partial charge in [-0.15, -0.1) is 0 Å². The van der Waals surface area contributed by atoms with E-state index < -0.39 is 5.97 Å². The van der Waals surface area contributed by atoms with Gasteiger partial charge in [0.25, 0.3) is 0 Å². The number of benzene rings is 4. The van der Waals surface area contributed by atoms with E-state index in [0.29, 0.717) is 11.4 Å². The van der Waals surface area contributed by atoms with E-state index >= 15 is 0 Å². The van der Waals surface area contributed by atoms with Gasteiger partial charge in [-0.1, -0.05) is 72.8 Å². The molecule has 0 saturated carbocycles. The fourth-order valence-corrected chi connectivity index (χ4v) is 4.48. The maximum absolute atomic E-state index is 12.8. The van der Waals surface area contributed by atoms with E-state index in [1.54, 1.807) is 24.3 Å². The number of fused-ring (bicyclic) bond motifs is 3. The molecular weight excluding hydrogens is 424 g/mol. The molecule has 0 amide bonds. The average Bonchev–Trinajstić information content (AvgIpc) is 3.45. The number of carboxylic acids is 1. The van der Waals surface area contributed by atoms with Crippen molar-refractivity contribution in [2.75, 3.05) is 0 Å². The topological polar surface area (TPSA) is 83.0 Å². The standard InChI is InChI=1S/C29H18N2O3/c32-27-22-9-5-4-8-21(22)24-16-20(14-15-23(24)27)26-25(17-6-2-1-3-7-17)30-28(31-26)18-10-12-19(13-11-18)29(33)34/h1-16H,(H,30,31)(H,33,34). The fourth-order valence-electron chi connectivity index (χ4n) is 4.48. The third kappa shape index (κ3) is 3.14. The first-order valence-corrected chi connectivity index (χ1v) is 10.9. The second-order valence-electron chi connectivity index (χ2n) is 8.19. The first-order chi connectivity index (χ1) is 16.6. The molecule has 4 aromatic carbocycles. The van der Waals surface area contributed by atoms with Crippen LogP contribution in [0.2, 0.25) is 0 Å². The van der Waals surface area contributed by atoms with Crippen LogP contribution in [0.3, 0.4) is 0 Å². The Morgan fingerprint density at radius 3 is 2.06 bits per heavy atom. The van der Waals surface area contributed by atoms with Crippen LogP contribution in [0.1, 0.15) is 26.3 Å². The lowest BCUT2D eigenvalue weighted by Crippen LogP contribution is -1.95. The van der Waals surface area contributed by atoms with Gasteiger partial charge in [0.2, 0.25) is 0 Å². The van der Waals surface area contributed by atoms with E-state index in [-0.39, 0.29) is 11.3 Å². The Bertz CT molecular complexity index is 1580. The summed E-state index contributed by atoms with van der Waals surface area (Å²) in [6.45, 7) is 0. The van der Waals surface area contributed by atoms with Crippen LogP contribution in [0.4, 0.5) is 0 Å². The number of ketones is 1. The van der Waals surface area contributed by atoms with Crippen molar-refractivity contribution in [1.82, 2.24) is 9.97 Å². The summed E-state index contributed by atoms with van der Waals surface area (Å²) in [5.74, 6) is -0.283. The van der Waals surface area contributed by atoms with Gasteiger partial charge in [0.1, 0.15) is 5.82 Å². The maximum Gasteiger partial charge on any atom is 0.335 e. The second kappa shape index (κ2) is 7.67. The first-order valence-electron chi connectivity index (χ1n) is 10.9. The zero-order valence-corrected chi connectivity index (χ0v) is 17.9. The predicted molar refractivity (Wildman–Crippen MR) is 131 cm³/mol. The molecule has 0 atom stereocenters. The Labute approximate surface area is 195 Å². The number of nitrogens with one attached hydrogen (secondary N) is 1. The summed E-state index contributed by atoms with van der Waals surface area (Å²) < 4.78 is 0. The Kier molecular flexibility index (Phi) is 4.49. The number of carbonyl (C=O) groups is 2. The summed E-state index contributed by atoms with van der Waals surface area (Å²) in [7, 11) is 0. The van der Waals surface area contributed by atoms with Crippen LogP contribution in [-0.2, 0) is 0 Å². The molecule has 0 bridgehead atoms. The van der Waals surface area contributed by atoms with Crippen molar-refractivity contribution in [3.8, 4) is 45.0 Å². The molecule has 162 valence electrons. The predicted octanol–water partition coefficient (Wildman–Crippen LogP) is 6.32. The molecule has 5 nitrogen and oxygen atoms in total. The van der Waals surface area contributed by atoms with Crippen LogP contribution in [-0.4, -0.2) is 26.8 Å². The third-order valence-electron chi connectivity index (χ3n) is 6.17. The number of carbonyl (C=O) groups excluding carboxylic acids is 1. The van der Waals surface area contributed by atoms with E-state index in [4.69, 9.17) is 4.98 Å². The van der Waals surface area contributed by atoms with E-state index in [9.17, 15) is 14.7 Å². The number of carboxylic acid groups (broad SMARTS) is 1. The quantitative estimate of drug-likeness (QED) is 0.335. The lowest BCUT2D eigenvalue weighted by Gasteiger charge is -2.06. The molecule has 1 aromatic heterocycles. The lowest BCUT2D eigenvalue weighted by molar-refractivity contribution is 0.0696. The maximum atomic E-state index is 12.8. The molecule has 0 unspecified atom stereocenters. The van der Waals surface area contributed by atoms with Gasteiger partial charge in [-0.05, 0) is 35.4 Å². The minimum atomic E-state index is -0.968. The van der Waals surface area contributed by atoms with Gasteiger partial charge in [0.05, 0.1) is 17.0 Å². The zero-order valence-electron chi connectivity index (χ0n) is 17.9. The first kappa shape index (κ1) is 19.9. The van der Waals surface area contributed by atoms with E-state index in [1.165, 1.54) is 0 Å². The molecule has 1 aliphatic rings. The fraction of sp³-hybridized carbons (Fsp3) is 0. The molecule has 0 fully saturated rings. The van der Waals surface area contributed by atoms with E-state index in [1.807, 2.05) is 72.8 Å². The minimum absolute atomic E-state index is 0.0432. The van der Waals surface area contributed by atoms with Gasteiger partial charge in [-0.3, -0.25) is 4.79 Å². The highest BCUT2D eigenvalue weighted by molar-refractivity contribution is 6.22. The average molecular weight is 442 g/mol. The molecule has 0 radical (unpaired) electrons. The third-order valence-corrected chi connectivity index (χ3v) is 6.17.